The lowest BCUT2D eigenvalue weighted by molar-refractivity contribution is -0.143. The van der Waals surface area contributed by atoms with Gasteiger partial charge in [0.1, 0.15) is 0 Å². The monoisotopic (exact) mass is 460 g/mol. The predicted octanol–water partition coefficient (Wildman–Crippen LogP) is 4.50. The van der Waals surface area contributed by atoms with Gasteiger partial charge in [0.05, 0.1) is 12.5 Å². The third-order valence-corrected chi connectivity index (χ3v) is 6.97. The number of rotatable bonds is 13. The van der Waals surface area contributed by atoms with Crippen molar-refractivity contribution in [3.63, 3.8) is 0 Å². The topological polar surface area (TPSA) is 79.3 Å². The molecule has 0 aromatic heterocycles. The third-order valence-electron chi connectivity index (χ3n) is 6.97. The smallest absolute Gasteiger partial charge is 0.308 e. The van der Waals surface area contributed by atoms with Crippen molar-refractivity contribution < 1.29 is 24.2 Å². The summed E-state index contributed by atoms with van der Waals surface area (Å²) in [6.45, 7) is 8.98. The van der Waals surface area contributed by atoms with Crippen molar-refractivity contribution in [3.8, 4) is 11.5 Å². The summed E-state index contributed by atoms with van der Waals surface area (Å²) in [7, 11) is 0. The molecule has 3 atom stereocenters. The molecule has 33 heavy (non-hydrogen) atoms. The Hall–Kier alpha value is -2.28. The van der Waals surface area contributed by atoms with Gasteiger partial charge in [-0.2, -0.15) is 0 Å². The van der Waals surface area contributed by atoms with Crippen LogP contribution in [-0.4, -0.2) is 65.8 Å². The van der Waals surface area contributed by atoms with Crippen LogP contribution in [0.1, 0.15) is 77.2 Å². The summed E-state index contributed by atoms with van der Waals surface area (Å²) in [6, 6.07) is 5.58. The first-order chi connectivity index (χ1) is 16.0. The van der Waals surface area contributed by atoms with Crippen LogP contribution in [0, 0.1) is 5.92 Å². The molecule has 3 rings (SSSR count). The van der Waals surface area contributed by atoms with E-state index >= 15 is 0 Å². The number of carboxylic acid groups (broad SMARTS) is 1. The Morgan fingerprint density at radius 2 is 1.70 bits per heavy atom. The van der Waals surface area contributed by atoms with Crippen molar-refractivity contribution in [2.75, 3.05) is 33.0 Å². The highest BCUT2D eigenvalue weighted by atomic mass is 16.7. The lowest BCUT2D eigenvalue weighted by atomic mass is 9.83. The number of aliphatic carboxylic acids is 1. The number of unbranched alkanes of at least 4 members (excludes halogenated alkanes) is 3. The van der Waals surface area contributed by atoms with Crippen LogP contribution in [-0.2, 0) is 9.59 Å². The van der Waals surface area contributed by atoms with Crippen molar-refractivity contribution in [1.29, 1.82) is 0 Å². The number of likely N-dealkylation sites (tertiary alicyclic amines) is 1. The molecule has 7 heteroatoms. The Balaban J connectivity index is 1.82. The van der Waals surface area contributed by atoms with Gasteiger partial charge in [0, 0.05) is 31.6 Å². The maximum Gasteiger partial charge on any atom is 0.308 e. The minimum absolute atomic E-state index is 0.119. The van der Waals surface area contributed by atoms with Crippen molar-refractivity contribution in [2.45, 2.75) is 77.7 Å². The molecule has 0 saturated carbocycles. The molecule has 0 bridgehead atoms. The van der Waals surface area contributed by atoms with E-state index in [1.165, 1.54) is 0 Å². The molecule has 1 fully saturated rings. The molecule has 1 aromatic carbocycles. The Kier molecular flexibility index (Phi) is 9.41. The normalized spacial score (nSPS) is 22.0. The van der Waals surface area contributed by atoms with Crippen molar-refractivity contribution in [1.82, 2.24) is 9.80 Å². The molecule has 1 aromatic rings. The van der Waals surface area contributed by atoms with E-state index in [1.807, 2.05) is 23.1 Å². The molecular formula is C26H40N2O5. The number of nitrogens with zero attached hydrogens (tertiary/aromatic N) is 2. The zero-order chi connectivity index (χ0) is 23.8. The van der Waals surface area contributed by atoms with Gasteiger partial charge in [0.25, 0.3) is 0 Å². The van der Waals surface area contributed by atoms with E-state index in [0.29, 0.717) is 18.0 Å². The largest absolute Gasteiger partial charge is 0.481 e. The summed E-state index contributed by atoms with van der Waals surface area (Å²) >= 11 is 0. The van der Waals surface area contributed by atoms with Gasteiger partial charge in [-0.3, -0.25) is 14.5 Å². The SMILES string of the molecule is CCCC[C@H]1[C@H](C(=O)O)[C@@H](c2ccc3c(c2)OCO3)CN1CC(=O)N(CCCC)CCCC. The Morgan fingerprint density at radius 3 is 2.33 bits per heavy atom. The van der Waals surface area contributed by atoms with Gasteiger partial charge in [0.2, 0.25) is 12.7 Å². The standard InChI is InChI=1S/C26H40N2O5/c1-4-7-10-21-25(26(30)31)20(19-11-12-22-23(15-19)33-18-32-22)16-28(21)17-24(29)27(13-8-5-2)14-9-6-3/h11-12,15,20-21,25H,4-10,13-14,16-18H2,1-3H3,(H,30,31)/t20-,21+,25-/m1/s1. The van der Waals surface area contributed by atoms with Crippen molar-refractivity contribution >= 4 is 11.9 Å². The van der Waals surface area contributed by atoms with E-state index < -0.39 is 11.9 Å². The van der Waals surface area contributed by atoms with E-state index in [1.54, 1.807) is 0 Å². The van der Waals surface area contributed by atoms with Crippen LogP contribution in [0.4, 0.5) is 0 Å². The first-order valence-corrected chi connectivity index (χ1v) is 12.6. The maximum atomic E-state index is 13.3. The number of hydrogen-bond acceptors (Lipinski definition) is 5. The zero-order valence-corrected chi connectivity index (χ0v) is 20.4. The third kappa shape index (κ3) is 6.19. The number of carbonyl (C=O) groups is 2. The first kappa shape index (κ1) is 25.3. The second-order valence-corrected chi connectivity index (χ2v) is 9.31. The highest BCUT2D eigenvalue weighted by molar-refractivity contribution is 5.79. The van der Waals surface area contributed by atoms with Gasteiger partial charge in [-0.1, -0.05) is 52.5 Å². The molecule has 1 amide bonds. The highest BCUT2D eigenvalue weighted by Gasteiger charge is 2.47. The van der Waals surface area contributed by atoms with E-state index in [4.69, 9.17) is 9.47 Å². The molecule has 0 unspecified atom stereocenters. The van der Waals surface area contributed by atoms with Gasteiger partial charge in [-0.05, 0) is 37.0 Å². The van der Waals surface area contributed by atoms with Crippen LogP contribution in [0.2, 0.25) is 0 Å². The first-order valence-electron chi connectivity index (χ1n) is 12.6. The number of amides is 1. The lowest BCUT2D eigenvalue weighted by Gasteiger charge is -2.29. The molecule has 0 spiro atoms. The minimum Gasteiger partial charge on any atom is -0.481 e. The zero-order valence-electron chi connectivity index (χ0n) is 20.4. The van der Waals surface area contributed by atoms with Crippen LogP contribution in [0.25, 0.3) is 0 Å². The van der Waals surface area contributed by atoms with Crippen LogP contribution < -0.4 is 9.47 Å². The van der Waals surface area contributed by atoms with E-state index in [-0.39, 0.29) is 31.2 Å². The summed E-state index contributed by atoms with van der Waals surface area (Å²) in [4.78, 5) is 29.9. The molecule has 2 aliphatic rings. The van der Waals surface area contributed by atoms with Crippen LogP contribution >= 0.6 is 0 Å². The van der Waals surface area contributed by atoms with E-state index in [0.717, 1.165) is 63.6 Å². The fourth-order valence-corrected chi connectivity index (χ4v) is 5.08. The number of hydrogen-bond donors (Lipinski definition) is 1. The fourth-order valence-electron chi connectivity index (χ4n) is 5.08. The quantitative estimate of drug-likeness (QED) is 0.467. The average Bonchev–Trinajstić information content (AvgIpc) is 3.41. The molecule has 184 valence electrons. The molecule has 0 radical (unpaired) electrons. The van der Waals surface area contributed by atoms with Crippen LogP contribution in [0.15, 0.2) is 18.2 Å². The van der Waals surface area contributed by atoms with Gasteiger partial charge in [-0.25, -0.2) is 0 Å². The van der Waals surface area contributed by atoms with Crippen molar-refractivity contribution in [2.24, 2.45) is 5.92 Å². The van der Waals surface area contributed by atoms with E-state index in [2.05, 4.69) is 25.7 Å². The lowest BCUT2D eigenvalue weighted by Crippen LogP contribution is -2.44. The summed E-state index contributed by atoms with van der Waals surface area (Å²) in [5.41, 5.74) is 0.942. The summed E-state index contributed by atoms with van der Waals surface area (Å²) < 4.78 is 11.0. The van der Waals surface area contributed by atoms with Crippen LogP contribution in [0.3, 0.4) is 0 Å². The Labute approximate surface area is 198 Å². The minimum atomic E-state index is -0.789. The number of carbonyl (C=O) groups excluding carboxylic acids is 1. The molecule has 1 saturated heterocycles. The van der Waals surface area contributed by atoms with E-state index in [9.17, 15) is 14.7 Å². The predicted molar refractivity (Wildman–Crippen MR) is 128 cm³/mol. The van der Waals surface area contributed by atoms with Gasteiger partial charge in [-0.15, -0.1) is 0 Å². The Morgan fingerprint density at radius 1 is 1.03 bits per heavy atom. The molecule has 7 nitrogen and oxygen atoms in total. The molecule has 0 aliphatic carbocycles. The maximum absolute atomic E-state index is 13.3. The average molecular weight is 461 g/mol. The number of ether oxygens (including phenoxy) is 2. The molecule has 2 heterocycles. The molecule has 2 aliphatic heterocycles. The summed E-state index contributed by atoms with van der Waals surface area (Å²) in [5.74, 6) is -0.0467. The second kappa shape index (κ2) is 12.3. The van der Waals surface area contributed by atoms with Gasteiger partial charge in [0.15, 0.2) is 11.5 Å². The van der Waals surface area contributed by atoms with Gasteiger partial charge < -0.3 is 19.5 Å². The highest BCUT2D eigenvalue weighted by Crippen LogP contribution is 2.43. The number of fused-ring (bicyclic) bond motifs is 1. The van der Waals surface area contributed by atoms with Gasteiger partial charge >= 0.3 is 5.97 Å². The second-order valence-electron chi connectivity index (χ2n) is 9.31. The summed E-state index contributed by atoms with van der Waals surface area (Å²) in [5, 5.41) is 10.2. The number of carboxylic acids is 1. The van der Waals surface area contributed by atoms with Crippen molar-refractivity contribution in [3.05, 3.63) is 23.8 Å². The molecule has 1 N–H and O–H groups in total. The number of benzene rings is 1. The fraction of sp³-hybridized carbons (Fsp3) is 0.692. The summed E-state index contributed by atoms with van der Waals surface area (Å²) in [6.07, 6.45) is 6.81. The van der Waals surface area contributed by atoms with Crippen LogP contribution in [0.5, 0.6) is 11.5 Å². The Bertz CT molecular complexity index is 791. The molecular weight excluding hydrogens is 420 g/mol.